The van der Waals surface area contributed by atoms with Crippen molar-refractivity contribution in [1.29, 1.82) is 0 Å². The number of benzene rings is 2. The van der Waals surface area contributed by atoms with Crippen molar-refractivity contribution in [3.8, 4) is 17.2 Å². The maximum absolute atomic E-state index is 13.1. The van der Waals surface area contributed by atoms with Crippen LogP contribution in [0, 0.1) is 5.82 Å². The fourth-order valence-electron chi connectivity index (χ4n) is 1.92. The Morgan fingerprint density at radius 2 is 1.96 bits per heavy atom. The van der Waals surface area contributed by atoms with Crippen molar-refractivity contribution in [3.63, 3.8) is 0 Å². The Morgan fingerprint density at radius 1 is 1.17 bits per heavy atom. The highest BCUT2D eigenvalue weighted by Gasteiger charge is 2.13. The third-order valence-electron chi connectivity index (χ3n) is 3.07. The number of rotatable bonds is 4. The first-order chi connectivity index (χ1) is 11.2. The van der Waals surface area contributed by atoms with Crippen LogP contribution in [-0.2, 0) is 0 Å². The molecule has 0 spiro atoms. The molecule has 0 radical (unpaired) electrons. The molecule has 0 atom stereocenters. The Balaban J connectivity index is 1.75. The van der Waals surface area contributed by atoms with Crippen LogP contribution < -0.4 is 10.1 Å². The minimum Gasteiger partial charge on any atom is -0.497 e. The zero-order valence-electron chi connectivity index (χ0n) is 12.1. The van der Waals surface area contributed by atoms with Crippen molar-refractivity contribution in [2.24, 2.45) is 0 Å². The SMILES string of the molecule is COc1ccc(-c2nnc(NC(=O)c3cccc(F)c3)o2)cc1. The number of ether oxygens (including phenoxy) is 1. The molecule has 0 bridgehead atoms. The summed E-state index contributed by atoms with van der Waals surface area (Å²) in [7, 11) is 1.57. The molecule has 116 valence electrons. The molecule has 1 heterocycles. The number of nitrogens with zero attached hydrogens (tertiary/aromatic N) is 2. The van der Waals surface area contributed by atoms with Crippen molar-refractivity contribution in [3.05, 3.63) is 59.9 Å². The predicted molar refractivity (Wildman–Crippen MR) is 80.6 cm³/mol. The van der Waals surface area contributed by atoms with Gasteiger partial charge < -0.3 is 9.15 Å². The molecule has 0 saturated carbocycles. The zero-order valence-corrected chi connectivity index (χ0v) is 12.1. The van der Waals surface area contributed by atoms with Crippen molar-refractivity contribution in [1.82, 2.24) is 10.2 Å². The second kappa shape index (κ2) is 6.27. The van der Waals surface area contributed by atoms with E-state index in [9.17, 15) is 9.18 Å². The molecule has 1 amide bonds. The number of anilines is 1. The van der Waals surface area contributed by atoms with Gasteiger partial charge in [0, 0.05) is 11.1 Å². The van der Waals surface area contributed by atoms with Gasteiger partial charge in [-0.25, -0.2) is 4.39 Å². The van der Waals surface area contributed by atoms with Crippen molar-refractivity contribution < 1.29 is 18.3 Å². The molecule has 6 nitrogen and oxygen atoms in total. The van der Waals surface area contributed by atoms with E-state index in [-0.39, 0.29) is 17.5 Å². The van der Waals surface area contributed by atoms with Gasteiger partial charge in [-0.2, -0.15) is 0 Å². The van der Waals surface area contributed by atoms with Gasteiger partial charge >= 0.3 is 6.01 Å². The molecule has 0 fully saturated rings. The lowest BCUT2D eigenvalue weighted by atomic mass is 10.2. The standard InChI is InChI=1S/C16H12FN3O3/c1-22-13-7-5-10(6-8-13)15-19-20-16(23-15)18-14(21)11-3-2-4-12(17)9-11/h2-9H,1H3,(H,18,20,21). The van der Waals surface area contributed by atoms with Gasteiger partial charge in [-0.15, -0.1) is 5.10 Å². The second-order valence-electron chi connectivity index (χ2n) is 4.61. The van der Waals surface area contributed by atoms with Crippen LogP contribution in [0.4, 0.5) is 10.4 Å². The largest absolute Gasteiger partial charge is 0.497 e. The highest BCUT2D eigenvalue weighted by molar-refractivity contribution is 6.03. The number of halogens is 1. The topological polar surface area (TPSA) is 77.3 Å². The van der Waals surface area contributed by atoms with E-state index in [0.717, 1.165) is 6.07 Å². The fraction of sp³-hybridized carbons (Fsp3) is 0.0625. The van der Waals surface area contributed by atoms with Crippen molar-refractivity contribution in [2.75, 3.05) is 12.4 Å². The number of methoxy groups -OCH3 is 1. The van der Waals surface area contributed by atoms with Crippen LogP contribution in [-0.4, -0.2) is 23.2 Å². The van der Waals surface area contributed by atoms with E-state index >= 15 is 0 Å². The summed E-state index contributed by atoms with van der Waals surface area (Å²) in [6.07, 6.45) is 0. The quantitative estimate of drug-likeness (QED) is 0.800. The first kappa shape index (κ1) is 14.7. The van der Waals surface area contributed by atoms with Crippen LogP contribution in [0.2, 0.25) is 0 Å². The van der Waals surface area contributed by atoms with Gasteiger partial charge in [0.1, 0.15) is 11.6 Å². The average molecular weight is 313 g/mol. The van der Waals surface area contributed by atoms with Crippen LogP contribution in [0.25, 0.3) is 11.5 Å². The van der Waals surface area contributed by atoms with Gasteiger partial charge in [-0.3, -0.25) is 10.1 Å². The van der Waals surface area contributed by atoms with E-state index in [1.807, 2.05) is 0 Å². The summed E-state index contributed by atoms with van der Waals surface area (Å²) in [6.45, 7) is 0. The minimum absolute atomic E-state index is 0.0647. The Bertz CT molecular complexity index is 831. The van der Waals surface area contributed by atoms with Crippen LogP contribution in [0.3, 0.4) is 0 Å². The molecule has 3 aromatic rings. The molecular weight excluding hydrogens is 301 g/mol. The monoisotopic (exact) mass is 313 g/mol. The second-order valence-corrected chi connectivity index (χ2v) is 4.61. The first-order valence-corrected chi connectivity index (χ1v) is 6.70. The summed E-state index contributed by atoms with van der Waals surface area (Å²) in [5.41, 5.74) is 0.846. The van der Waals surface area contributed by atoms with Gasteiger partial charge in [-0.05, 0) is 42.5 Å². The van der Waals surface area contributed by atoms with E-state index < -0.39 is 11.7 Å². The van der Waals surface area contributed by atoms with Gasteiger partial charge in [-0.1, -0.05) is 11.2 Å². The normalized spacial score (nSPS) is 10.3. The molecule has 1 N–H and O–H groups in total. The lowest BCUT2D eigenvalue weighted by Crippen LogP contribution is -2.12. The Labute approximate surface area is 130 Å². The third-order valence-corrected chi connectivity index (χ3v) is 3.07. The minimum atomic E-state index is -0.533. The van der Waals surface area contributed by atoms with Gasteiger partial charge in [0.2, 0.25) is 5.89 Å². The van der Waals surface area contributed by atoms with E-state index in [0.29, 0.717) is 11.3 Å². The number of nitrogens with one attached hydrogen (secondary N) is 1. The van der Waals surface area contributed by atoms with Crippen molar-refractivity contribution >= 4 is 11.9 Å². The summed E-state index contributed by atoms with van der Waals surface area (Å²) in [5.74, 6) is -0.0772. The maximum Gasteiger partial charge on any atom is 0.322 e. The van der Waals surface area contributed by atoms with Gasteiger partial charge in [0.05, 0.1) is 7.11 Å². The predicted octanol–water partition coefficient (Wildman–Crippen LogP) is 3.14. The number of carbonyl (C=O) groups is 1. The van der Waals surface area contributed by atoms with Crippen LogP contribution in [0.1, 0.15) is 10.4 Å². The fourth-order valence-corrected chi connectivity index (χ4v) is 1.92. The number of carbonyl (C=O) groups excluding carboxylic acids is 1. The highest BCUT2D eigenvalue weighted by atomic mass is 19.1. The number of hydrogen-bond donors (Lipinski definition) is 1. The molecule has 3 rings (SSSR count). The first-order valence-electron chi connectivity index (χ1n) is 6.70. The van der Waals surface area contributed by atoms with Crippen LogP contribution in [0.5, 0.6) is 5.75 Å². The highest BCUT2D eigenvalue weighted by Crippen LogP contribution is 2.22. The lowest BCUT2D eigenvalue weighted by molar-refractivity contribution is 0.102. The van der Waals surface area contributed by atoms with Gasteiger partial charge in [0.15, 0.2) is 0 Å². The van der Waals surface area contributed by atoms with E-state index in [1.54, 1.807) is 31.4 Å². The summed E-state index contributed by atoms with van der Waals surface area (Å²) in [6, 6.07) is 12.3. The van der Waals surface area contributed by atoms with E-state index in [2.05, 4.69) is 15.5 Å². The molecule has 2 aromatic carbocycles. The van der Waals surface area contributed by atoms with Crippen molar-refractivity contribution in [2.45, 2.75) is 0 Å². The van der Waals surface area contributed by atoms with Crippen LogP contribution in [0.15, 0.2) is 52.9 Å². The molecule has 0 saturated heterocycles. The molecule has 1 aromatic heterocycles. The number of amides is 1. The van der Waals surface area contributed by atoms with Gasteiger partial charge in [0.25, 0.3) is 5.91 Å². The summed E-state index contributed by atoms with van der Waals surface area (Å²) in [4.78, 5) is 12.0. The maximum atomic E-state index is 13.1. The molecule has 0 aliphatic heterocycles. The molecule has 0 aliphatic carbocycles. The van der Waals surface area contributed by atoms with E-state index in [4.69, 9.17) is 9.15 Å². The summed E-state index contributed by atoms with van der Waals surface area (Å²) < 4.78 is 23.6. The van der Waals surface area contributed by atoms with Crippen LogP contribution >= 0.6 is 0 Å². The molecule has 23 heavy (non-hydrogen) atoms. The summed E-state index contributed by atoms with van der Waals surface area (Å²) in [5, 5.41) is 10.0. The van der Waals surface area contributed by atoms with E-state index in [1.165, 1.54) is 18.2 Å². The number of aromatic nitrogens is 2. The summed E-state index contributed by atoms with van der Waals surface area (Å²) >= 11 is 0. The molecule has 0 aliphatic rings. The molecule has 0 unspecified atom stereocenters. The Kier molecular flexibility index (Phi) is 4.01. The smallest absolute Gasteiger partial charge is 0.322 e. The third kappa shape index (κ3) is 3.34. The molecule has 7 heteroatoms. The number of hydrogen-bond acceptors (Lipinski definition) is 5. The Morgan fingerprint density at radius 3 is 2.65 bits per heavy atom. The average Bonchev–Trinajstić information content (AvgIpc) is 3.03. The molecular formula is C16H12FN3O3. The lowest BCUT2D eigenvalue weighted by Gasteiger charge is -2.01. The zero-order chi connectivity index (χ0) is 16.2. The Hall–Kier alpha value is -3.22.